The van der Waals surface area contributed by atoms with Crippen LogP contribution >= 0.6 is 0 Å². The molecule has 6 heteroatoms. The van der Waals surface area contributed by atoms with Crippen molar-refractivity contribution in [1.29, 1.82) is 0 Å². The molecule has 142 valence electrons. The number of nitrogens with one attached hydrogen (secondary N) is 1. The number of halogens is 1. The third-order valence-corrected chi connectivity index (χ3v) is 4.66. The molecule has 1 N–H and O–H groups in total. The number of amides is 2. The molecule has 2 aromatic rings. The molecule has 1 unspecified atom stereocenters. The molecule has 0 radical (unpaired) electrons. The van der Waals surface area contributed by atoms with Crippen molar-refractivity contribution in [3.63, 3.8) is 0 Å². The average molecular weight is 370 g/mol. The average Bonchev–Trinajstić information content (AvgIpc) is 3.18. The van der Waals surface area contributed by atoms with Crippen molar-refractivity contribution in [3.05, 3.63) is 66.0 Å². The fourth-order valence-corrected chi connectivity index (χ4v) is 3.11. The molecule has 1 heterocycles. The SMILES string of the molecule is O=C(NCCc1ccccc1)C1CCN(C(=O)COc2ccccc2F)C1. The number of hydrogen-bond acceptors (Lipinski definition) is 3. The maximum Gasteiger partial charge on any atom is 0.260 e. The summed E-state index contributed by atoms with van der Waals surface area (Å²) in [7, 11) is 0. The van der Waals surface area contributed by atoms with E-state index in [4.69, 9.17) is 4.74 Å². The number of carbonyl (C=O) groups is 2. The largest absolute Gasteiger partial charge is 0.481 e. The van der Waals surface area contributed by atoms with E-state index in [2.05, 4.69) is 5.32 Å². The zero-order valence-electron chi connectivity index (χ0n) is 15.1. The highest BCUT2D eigenvalue weighted by Gasteiger charge is 2.31. The summed E-state index contributed by atoms with van der Waals surface area (Å²) in [5.74, 6) is -0.921. The van der Waals surface area contributed by atoms with Gasteiger partial charge >= 0.3 is 0 Å². The van der Waals surface area contributed by atoms with Gasteiger partial charge in [-0.25, -0.2) is 4.39 Å². The Morgan fingerprint density at radius 3 is 2.63 bits per heavy atom. The third kappa shape index (κ3) is 5.29. The highest BCUT2D eigenvalue weighted by Crippen LogP contribution is 2.18. The zero-order valence-corrected chi connectivity index (χ0v) is 15.1. The minimum atomic E-state index is -0.498. The van der Waals surface area contributed by atoms with Gasteiger partial charge in [-0.15, -0.1) is 0 Å². The summed E-state index contributed by atoms with van der Waals surface area (Å²) in [6.45, 7) is 1.22. The molecule has 1 saturated heterocycles. The van der Waals surface area contributed by atoms with Crippen LogP contribution in [-0.2, 0) is 16.0 Å². The van der Waals surface area contributed by atoms with E-state index in [1.165, 1.54) is 17.7 Å². The van der Waals surface area contributed by atoms with Crippen LogP contribution < -0.4 is 10.1 Å². The van der Waals surface area contributed by atoms with Crippen LogP contribution in [0.5, 0.6) is 5.75 Å². The van der Waals surface area contributed by atoms with E-state index in [0.29, 0.717) is 26.1 Å². The number of benzene rings is 2. The first-order valence-electron chi connectivity index (χ1n) is 9.10. The smallest absolute Gasteiger partial charge is 0.260 e. The first-order chi connectivity index (χ1) is 13.1. The van der Waals surface area contributed by atoms with Crippen molar-refractivity contribution in [2.75, 3.05) is 26.2 Å². The second kappa shape index (κ2) is 9.16. The molecule has 0 aromatic heterocycles. The van der Waals surface area contributed by atoms with Crippen LogP contribution in [0.1, 0.15) is 12.0 Å². The highest BCUT2D eigenvalue weighted by molar-refractivity contribution is 5.82. The van der Waals surface area contributed by atoms with Crippen LogP contribution in [0.3, 0.4) is 0 Å². The van der Waals surface area contributed by atoms with Crippen LogP contribution in [0.25, 0.3) is 0 Å². The van der Waals surface area contributed by atoms with Gasteiger partial charge in [0.25, 0.3) is 5.91 Å². The van der Waals surface area contributed by atoms with Crippen LogP contribution in [0, 0.1) is 11.7 Å². The minimum absolute atomic E-state index is 0.0312. The Labute approximate surface area is 158 Å². The Morgan fingerprint density at radius 1 is 1.11 bits per heavy atom. The molecule has 5 nitrogen and oxygen atoms in total. The van der Waals surface area contributed by atoms with Gasteiger partial charge in [0.15, 0.2) is 18.2 Å². The van der Waals surface area contributed by atoms with Crippen LogP contribution in [-0.4, -0.2) is 43.0 Å². The number of ether oxygens (including phenoxy) is 1. The Morgan fingerprint density at radius 2 is 1.85 bits per heavy atom. The van der Waals surface area contributed by atoms with E-state index >= 15 is 0 Å². The van der Waals surface area contributed by atoms with Gasteiger partial charge in [0, 0.05) is 19.6 Å². The first-order valence-corrected chi connectivity index (χ1v) is 9.10. The Hall–Kier alpha value is -2.89. The predicted molar refractivity (Wildman–Crippen MR) is 99.7 cm³/mol. The minimum Gasteiger partial charge on any atom is -0.481 e. The lowest BCUT2D eigenvalue weighted by Gasteiger charge is -2.17. The summed E-state index contributed by atoms with van der Waals surface area (Å²) in [6, 6.07) is 15.9. The fraction of sp³-hybridized carbons (Fsp3) is 0.333. The maximum absolute atomic E-state index is 13.5. The van der Waals surface area contributed by atoms with Crippen molar-refractivity contribution in [1.82, 2.24) is 10.2 Å². The fourth-order valence-electron chi connectivity index (χ4n) is 3.11. The van der Waals surface area contributed by atoms with Gasteiger partial charge in [0.2, 0.25) is 5.91 Å². The molecule has 1 atom stereocenters. The molecule has 3 rings (SSSR count). The van der Waals surface area contributed by atoms with Gasteiger partial charge in [-0.05, 0) is 30.5 Å². The molecule has 1 fully saturated rings. The quantitative estimate of drug-likeness (QED) is 0.814. The maximum atomic E-state index is 13.5. The molecule has 0 spiro atoms. The topological polar surface area (TPSA) is 58.6 Å². The summed E-state index contributed by atoms with van der Waals surface area (Å²) < 4.78 is 18.8. The number of hydrogen-bond donors (Lipinski definition) is 1. The van der Waals surface area contributed by atoms with E-state index < -0.39 is 5.82 Å². The van der Waals surface area contributed by atoms with E-state index in [9.17, 15) is 14.0 Å². The number of para-hydroxylation sites is 1. The normalized spacial score (nSPS) is 16.2. The van der Waals surface area contributed by atoms with Gasteiger partial charge in [-0.1, -0.05) is 42.5 Å². The van der Waals surface area contributed by atoms with Crippen LogP contribution in [0.15, 0.2) is 54.6 Å². The lowest BCUT2D eigenvalue weighted by Crippen LogP contribution is -2.37. The van der Waals surface area contributed by atoms with Crippen molar-refractivity contribution in [3.8, 4) is 5.75 Å². The highest BCUT2D eigenvalue weighted by atomic mass is 19.1. The molecule has 1 aliphatic rings. The standard InChI is InChI=1S/C21H23FN2O3/c22-18-8-4-5-9-19(18)27-15-20(25)24-13-11-17(14-24)21(26)23-12-10-16-6-2-1-3-7-16/h1-9,17H,10-15H2,(H,23,26). The van der Waals surface area contributed by atoms with Gasteiger partial charge in [0.1, 0.15) is 0 Å². The number of likely N-dealkylation sites (tertiary alicyclic amines) is 1. The number of carbonyl (C=O) groups excluding carboxylic acids is 2. The van der Waals surface area contributed by atoms with Crippen molar-refractivity contribution < 1.29 is 18.7 Å². The summed E-state index contributed by atoms with van der Waals surface area (Å²) in [4.78, 5) is 26.1. The predicted octanol–water partition coefficient (Wildman–Crippen LogP) is 2.41. The van der Waals surface area contributed by atoms with E-state index in [1.807, 2.05) is 30.3 Å². The van der Waals surface area contributed by atoms with Crippen molar-refractivity contribution >= 4 is 11.8 Å². The summed E-state index contributed by atoms with van der Waals surface area (Å²) >= 11 is 0. The molecule has 0 bridgehead atoms. The number of rotatable bonds is 7. The summed E-state index contributed by atoms with van der Waals surface area (Å²) in [5, 5.41) is 2.94. The molecule has 2 aromatic carbocycles. The molecule has 1 aliphatic heterocycles. The Balaban J connectivity index is 1.40. The van der Waals surface area contributed by atoms with Crippen LogP contribution in [0.4, 0.5) is 4.39 Å². The van der Waals surface area contributed by atoms with Crippen LogP contribution in [0.2, 0.25) is 0 Å². The van der Waals surface area contributed by atoms with E-state index in [1.54, 1.807) is 17.0 Å². The van der Waals surface area contributed by atoms with E-state index in [-0.39, 0.29) is 30.1 Å². The lowest BCUT2D eigenvalue weighted by molar-refractivity contribution is -0.132. The van der Waals surface area contributed by atoms with Gasteiger partial charge in [-0.2, -0.15) is 0 Å². The molecule has 27 heavy (non-hydrogen) atoms. The summed E-state index contributed by atoms with van der Waals surface area (Å²) in [6.07, 6.45) is 1.40. The Kier molecular flexibility index (Phi) is 6.41. The first kappa shape index (κ1) is 18.9. The second-order valence-corrected chi connectivity index (χ2v) is 6.57. The monoisotopic (exact) mass is 370 g/mol. The van der Waals surface area contributed by atoms with Crippen molar-refractivity contribution in [2.24, 2.45) is 5.92 Å². The second-order valence-electron chi connectivity index (χ2n) is 6.57. The molecular weight excluding hydrogens is 347 g/mol. The summed E-state index contributed by atoms with van der Waals surface area (Å²) in [5.41, 5.74) is 1.17. The number of nitrogens with zero attached hydrogens (tertiary/aromatic N) is 1. The van der Waals surface area contributed by atoms with Gasteiger partial charge in [-0.3, -0.25) is 9.59 Å². The molecule has 0 aliphatic carbocycles. The van der Waals surface area contributed by atoms with Crippen molar-refractivity contribution in [2.45, 2.75) is 12.8 Å². The third-order valence-electron chi connectivity index (χ3n) is 4.66. The molecule has 0 saturated carbocycles. The van der Waals surface area contributed by atoms with Gasteiger partial charge in [0.05, 0.1) is 5.92 Å². The van der Waals surface area contributed by atoms with E-state index in [0.717, 1.165) is 6.42 Å². The Bertz CT molecular complexity index is 782. The van der Waals surface area contributed by atoms with Gasteiger partial charge < -0.3 is 15.0 Å². The molecule has 2 amide bonds. The molecular formula is C21H23FN2O3. The zero-order chi connectivity index (χ0) is 19.1. The lowest BCUT2D eigenvalue weighted by atomic mass is 10.1.